The summed E-state index contributed by atoms with van der Waals surface area (Å²) in [7, 11) is -3.97. The van der Waals surface area contributed by atoms with Crippen LogP contribution in [0.2, 0.25) is 10.0 Å². The van der Waals surface area contributed by atoms with Crippen molar-refractivity contribution in [2.24, 2.45) is 0 Å². The topological polar surface area (TPSA) is 108 Å². The van der Waals surface area contributed by atoms with Crippen molar-refractivity contribution in [3.63, 3.8) is 0 Å². The minimum atomic E-state index is -3.97. The molecule has 0 fully saturated rings. The molecule has 0 bridgehead atoms. The van der Waals surface area contributed by atoms with Crippen LogP contribution in [-0.4, -0.2) is 52.7 Å². The van der Waals surface area contributed by atoms with Crippen molar-refractivity contribution >= 4 is 50.9 Å². The molecule has 8 nitrogen and oxygen atoms in total. The molecule has 0 aliphatic heterocycles. The number of rotatable bonds is 11. The lowest BCUT2D eigenvalue weighted by molar-refractivity contribution is -0.121. The highest BCUT2D eigenvalue weighted by atomic mass is 35.5. The molecule has 0 radical (unpaired) electrons. The third-order valence-electron chi connectivity index (χ3n) is 5.21. The Labute approximate surface area is 229 Å². The molecule has 0 saturated carbocycles. The van der Waals surface area contributed by atoms with Crippen LogP contribution in [-0.2, 0) is 21.4 Å². The number of nitrogens with zero attached hydrogens (tertiary/aromatic N) is 3. The van der Waals surface area contributed by atoms with Gasteiger partial charge in [-0.2, -0.15) is 4.31 Å². The summed E-state index contributed by atoms with van der Waals surface area (Å²) < 4.78 is 27.8. The largest absolute Gasteiger partial charge is 0.354 e. The second kappa shape index (κ2) is 12.6. The van der Waals surface area contributed by atoms with Crippen molar-refractivity contribution in [1.82, 2.24) is 24.8 Å². The van der Waals surface area contributed by atoms with E-state index in [0.29, 0.717) is 38.9 Å². The van der Waals surface area contributed by atoms with Crippen molar-refractivity contribution in [2.75, 3.05) is 18.8 Å². The zero-order valence-corrected chi connectivity index (χ0v) is 22.6. The van der Waals surface area contributed by atoms with Gasteiger partial charge in [0.2, 0.25) is 21.1 Å². The van der Waals surface area contributed by atoms with E-state index in [-0.39, 0.29) is 18.0 Å². The highest BCUT2D eigenvalue weighted by Gasteiger charge is 2.27. The molecule has 0 spiro atoms. The van der Waals surface area contributed by atoms with Gasteiger partial charge in [-0.15, -0.1) is 5.10 Å². The van der Waals surface area contributed by atoms with Crippen molar-refractivity contribution < 1.29 is 13.2 Å². The van der Waals surface area contributed by atoms with E-state index in [9.17, 15) is 13.2 Å². The summed E-state index contributed by atoms with van der Waals surface area (Å²) in [4.78, 5) is 17.2. The lowest BCUT2D eigenvalue weighted by Crippen LogP contribution is -2.40. The zero-order valence-electron chi connectivity index (χ0n) is 19.5. The highest BCUT2D eigenvalue weighted by Crippen LogP contribution is 2.22. The minimum absolute atomic E-state index is 0.00372. The maximum Gasteiger partial charge on any atom is 0.243 e. The van der Waals surface area contributed by atoms with Gasteiger partial charge in [-0.25, -0.2) is 13.4 Å². The molecular formula is C25H23Cl2N5O3S2. The van der Waals surface area contributed by atoms with Gasteiger partial charge in [0.1, 0.15) is 0 Å². The molecule has 1 amide bonds. The summed E-state index contributed by atoms with van der Waals surface area (Å²) in [6, 6.07) is 22.3. The predicted molar refractivity (Wildman–Crippen MR) is 146 cm³/mol. The summed E-state index contributed by atoms with van der Waals surface area (Å²) in [5.74, 6) is 0.753. The zero-order chi connectivity index (χ0) is 26.3. The fourth-order valence-corrected chi connectivity index (χ4v) is 5.65. The van der Waals surface area contributed by atoms with Gasteiger partial charge >= 0.3 is 0 Å². The molecule has 0 saturated heterocycles. The number of sulfonamides is 1. The number of carbonyl (C=O) groups is 1. The van der Waals surface area contributed by atoms with E-state index in [1.54, 1.807) is 24.3 Å². The Bertz CT molecular complexity index is 1430. The number of hydrogen-bond donors (Lipinski definition) is 2. The molecule has 4 rings (SSSR count). The fraction of sp³-hybridized carbons (Fsp3) is 0.160. The van der Waals surface area contributed by atoms with Gasteiger partial charge in [0.15, 0.2) is 5.82 Å². The number of halogens is 2. The minimum Gasteiger partial charge on any atom is -0.354 e. The Balaban J connectivity index is 1.36. The third-order valence-corrected chi connectivity index (χ3v) is 8.37. The quantitative estimate of drug-likeness (QED) is 0.195. The summed E-state index contributed by atoms with van der Waals surface area (Å²) in [5.41, 5.74) is 1.63. The van der Waals surface area contributed by atoms with E-state index in [1.807, 2.05) is 30.3 Å². The normalized spacial score (nSPS) is 11.5. The van der Waals surface area contributed by atoms with E-state index in [0.717, 1.165) is 9.87 Å². The number of carbonyl (C=O) groups excluding carboxylic acids is 1. The maximum atomic E-state index is 13.3. The second-order valence-corrected chi connectivity index (χ2v) is 11.8. The second-order valence-electron chi connectivity index (χ2n) is 7.88. The van der Waals surface area contributed by atoms with Crippen molar-refractivity contribution in [2.45, 2.75) is 16.6 Å². The molecule has 4 aromatic rings. The number of H-pyrrole nitrogens is 1. The Hall–Kier alpha value is -2.89. The smallest absolute Gasteiger partial charge is 0.243 e. The van der Waals surface area contributed by atoms with Gasteiger partial charge in [0, 0.05) is 34.5 Å². The van der Waals surface area contributed by atoms with E-state index >= 15 is 0 Å². The monoisotopic (exact) mass is 575 g/mol. The number of hydrogen-bond acceptors (Lipinski definition) is 6. The van der Waals surface area contributed by atoms with E-state index in [1.165, 1.54) is 36.0 Å². The van der Waals surface area contributed by atoms with E-state index in [2.05, 4.69) is 20.5 Å². The molecule has 37 heavy (non-hydrogen) atoms. The SMILES string of the molecule is O=C(CN(Cc1ccc(Cl)cc1)S(=O)(=O)c1ccc(Cl)cc1)NCCSc1n[nH]c(-c2ccccc2)n1. The number of thioether (sulfide) groups is 1. The molecule has 1 aromatic heterocycles. The van der Waals surface area contributed by atoms with Crippen LogP contribution in [0.15, 0.2) is 88.9 Å². The first-order valence-electron chi connectivity index (χ1n) is 11.2. The van der Waals surface area contributed by atoms with Crippen LogP contribution >= 0.6 is 35.0 Å². The first-order chi connectivity index (χ1) is 17.8. The maximum absolute atomic E-state index is 13.3. The molecule has 2 N–H and O–H groups in total. The average Bonchev–Trinajstić information content (AvgIpc) is 3.37. The Morgan fingerprint density at radius 2 is 1.59 bits per heavy atom. The van der Waals surface area contributed by atoms with E-state index < -0.39 is 15.9 Å². The summed E-state index contributed by atoms with van der Waals surface area (Å²) >= 11 is 13.3. The predicted octanol–water partition coefficient (Wildman–Crippen LogP) is 4.88. The molecule has 192 valence electrons. The van der Waals surface area contributed by atoms with Gasteiger partial charge < -0.3 is 5.32 Å². The van der Waals surface area contributed by atoms with Crippen molar-refractivity contribution in [3.05, 3.63) is 94.5 Å². The van der Waals surface area contributed by atoms with Crippen LogP contribution in [0.3, 0.4) is 0 Å². The Morgan fingerprint density at radius 3 is 2.27 bits per heavy atom. The van der Waals surface area contributed by atoms with Crippen molar-refractivity contribution in [1.29, 1.82) is 0 Å². The first-order valence-corrected chi connectivity index (χ1v) is 14.4. The molecular weight excluding hydrogens is 553 g/mol. The summed E-state index contributed by atoms with van der Waals surface area (Å²) in [5, 5.41) is 11.4. The number of benzene rings is 3. The van der Waals surface area contributed by atoms with Crippen LogP contribution < -0.4 is 5.32 Å². The molecule has 0 atom stereocenters. The van der Waals surface area contributed by atoms with Gasteiger partial charge in [-0.05, 0) is 42.0 Å². The van der Waals surface area contributed by atoms with Gasteiger partial charge in [-0.1, -0.05) is 77.4 Å². The third kappa shape index (κ3) is 7.56. The molecule has 1 heterocycles. The van der Waals surface area contributed by atoms with Gasteiger partial charge in [0.05, 0.1) is 11.4 Å². The van der Waals surface area contributed by atoms with Crippen LogP contribution in [0.1, 0.15) is 5.56 Å². The Kier molecular flexibility index (Phi) is 9.23. The molecule has 0 aliphatic carbocycles. The summed E-state index contributed by atoms with van der Waals surface area (Å²) in [6.45, 7) is -0.0324. The van der Waals surface area contributed by atoms with E-state index in [4.69, 9.17) is 23.2 Å². The number of amides is 1. The van der Waals surface area contributed by atoms with Crippen LogP contribution in [0.4, 0.5) is 0 Å². The first kappa shape index (κ1) is 27.2. The molecule has 0 aliphatic rings. The van der Waals surface area contributed by atoms with Crippen LogP contribution in [0.5, 0.6) is 0 Å². The fourth-order valence-electron chi connectivity index (χ4n) is 3.36. The molecule has 0 unspecified atom stereocenters. The van der Waals surface area contributed by atoms with Gasteiger partial charge in [0.25, 0.3) is 0 Å². The highest BCUT2D eigenvalue weighted by molar-refractivity contribution is 7.99. The van der Waals surface area contributed by atoms with Crippen LogP contribution in [0, 0.1) is 0 Å². The lowest BCUT2D eigenvalue weighted by Gasteiger charge is -2.22. The average molecular weight is 577 g/mol. The Morgan fingerprint density at radius 1 is 0.946 bits per heavy atom. The molecule has 12 heteroatoms. The number of aromatic nitrogens is 3. The summed E-state index contributed by atoms with van der Waals surface area (Å²) in [6.07, 6.45) is 0. The standard InChI is InChI=1S/C25H23Cl2N5O3S2/c26-20-8-6-18(7-9-20)16-32(37(34,35)22-12-10-21(27)11-13-22)17-23(33)28-14-15-36-25-29-24(30-31-25)19-4-2-1-3-5-19/h1-13H,14-17H2,(H,28,33)(H,29,30,31). The number of aromatic amines is 1. The molecule has 3 aromatic carbocycles. The van der Waals surface area contributed by atoms with Crippen molar-refractivity contribution in [3.8, 4) is 11.4 Å². The van der Waals surface area contributed by atoms with Gasteiger partial charge in [-0.3, -0.25) is 9.89 Å². The van der Waals surface area contributed by atoms with Crippen LogP contribution in [0.25, 0.3) is 11.4 Å². The number of nitrogens with one attached hydrogen (secondary N) is 2. The lowest BCUT2D eigenvalue weighted by atomic mass is 10.2.